The molecule has 0 saturated heterocycles. The lowest BCUT2D eigenvalue weighted by Crippen LogP contribution is -2.17. The molecule has 0 unspecified atom stereocenters. The molecule has 5 heteroatoms. The van der Waals surface area contributed by atoms with E-state index in [4.69, 9.17) is 10.5 Å². The number of nitrogens with zero attached hydrogens (tertiary/aromatic N) is 1. The van der Waals surface area contributed by atoms with Gasteiger partial charge in [0.05, 0.1) is 18.0 Å². The molecule has 5 nitrogen and oxygen atoms in total. The molecule has 3 N–H and O–H groups in total. The molecule has 0 amide bonds. The van der Waals surface area contributed by atoms with Crippen molar-refractivity contribution in [2.24, 2.45) is 0 Å². The van der Waals surface area contributed by atoms with Crippen molar-refractivity contribution in [2.45, 2.75) is 13.8 Å². The highest BCUT2D eigenvalue weighted by molar-refractivity contribution is 5.74. The summed E-state index contributed by atoms with van der Waals surface area (Å²) in [4.78, 5) is 15.2. The lowest BCUT2D eigenvalue weighted by molar-refractivity contribution is -0.140. The van der Waals surface area contributed by atoms with Gasteiger partial charge in [0.2, 0.25) is 0 Å². The summed E-state index contributed by atoms with van der Waals surface area (Å²) in [6.45, 7) is 4.08. The van der Waals surface area contributed by atoms with E-state index >= 15 is 0 Å². The number of rotatable bonds is 4. The molecule has 15 heavy (non-hydrogen) atoms. The maximum Gasteiger partial charge on any atom is 0.325 e. The number of nitrogens with one attached hydrogen (secondary N) is 1. The average Bonchev–Trinajstić information content (AvgIpc) is 2.20. The van der Waals surface area contributed by atoms with Gasteiger partial charge in [-0.15, -0.1) is 0 Å². The number of anilines is 2. The fourth-order valence-electron chi connectivity index (χ4n) is 1.05. The molecule has 0 aliphatic carbocycles. The quantitative estimate of drug-likeness (QED) is 0.722. The summed E-state index contributed by atoms with van der Waals surface area (Å²) in [6.07, 6.45) is 0. The fraction of sp³-hybridized carbons (Fsp3) is 0.400. The largest absolute Gasteiger partial charge is 0.465 e. The van der Waals surface area contributed by atoms with Crippen molar-refractivity contribution in [3.05, 3.63) is 17.8 Å². The zero-order valence-electron chi connectivity index (χ0n) is 8.91. The Kier molecular flexibility index (Phi) is 3.91. The minimum atomic E-state index is -0.297. The third kappa shape index (κ3) is 3.46. The summed E-state index contributed by atoms with van der Waals surface area (Å²) in [5.41, 5.74) is 6.99. The first-order valence-electron chi connectivity index (χ1n) is 4.76. The highest BCUT2D eigenvalue weighted by Crippen LogP contribution is 2.11. The lowest BCUT2D eigenvalue weighted by atomic mass is 10.3. The van der Waals surface area contributed by atoms with Gasteiger partial charge < -0.3 is 15.8 Å². The minimum absolute atomic E-state index is 0.115. The number of aryl methyl sites for hydroxylation is 1. The van der Waals surface area contributed by atoms with Gasteiger partial charge in [-0.25, -0.2) is 4.98 Å². The van der Waals surface area contributed by atoms with Gasteiger partial charge in [0.25, 0.3) is 0 Å². The van der Waals surface area contributed by atoms with E-state index in [2.05, 4.69) is 10.3 Å². The first kappa shape index (κ1) is 11.3. The van der Waals surface area contributed by atoms with Gasteiger partial charge in [-0.1, -0.05) is 0 Å². The first-order chi connectivity index (χ1) is 7.13. The summed E-state index contributed by atoms with van der Waals surface area (Å²) in [7, 11) is 0. The number of carbonyl (C=O) groups is 1. The number of hydrogen-bond donors (Lipinski definition) is 2. The number of nitrogen functional groups attached to an aromatic ring is 1. The molecule has 0 aliphatic heterocycles. The molecule has 0 atom stereocenters. The Balaban J connectivity index is 2.51. The van der Waals surface area contributed by atoms with Crippen LogP contribution < -0.4 is 11.1 Å². The number of pyridine rings is 1. The number of ether oxygens (including phenoxy) is 1. The van der Waals surface area contributed by atoms with Crippen LogP contribution in [0.15, 0.2) is 12.1 Å². The highest BCUT2D eigenvalue weighted by atomic mass is 16.5. The van der Waals surface area contributed by atoms with Crippen LogP contribution in [0.2, 0.25) is 0 Å². The van der Waals surface area contributed by atoms with Crippen LogP contribution in [0.5, 0.6) is 0 Å². The minimum Gasteiger partial charge on any atom is -0.465 e. The van der Waals surface area contributed by atoms with Crippen LogP contribution in [0, 0.1) is 6.92 Å². The molecule has 0 aromatic carbocycles. The second kappa shape index (κ2) is 5.19. The highest BCUT2D eigenvalue weighted by Gasteiger charge is 2.02. The Hall–Kier alpha value is -1.78. The molecule has 0 radical (unpaired) electrons. The Bertz CT molecular complexity index is 353. The fourth-order valence-corrected chi connectivity index (χ4v) is 1.05. The molecule has 0 aliphatic rings. The zero-order valence-corrected chi connectivity index (χ0v) is 8.91. The SMILES string of the molecule is CCOC(=O)CNc1ccc(N)c(C)n1. The van der Waals surface area contributed by atoms with Gasteiger partial charge in [-0.3, -0.25) is 4.79 Å². The molecular formula is C10H15N3O2. The Morgan fingerprint density at radius 1 is 1.60 bits per heavy atom. The van der Waals surface area contributed by atoms with Gasteiger partial charge in [-0.05, 0) is 26.0 Å². The Morgan fingerprint density at radius 2 is 2.33 bits per heavy atom. The molecule has 82 valence electrons. The van der Waals surface area contributed by atoms with Crippen LogP contribution >= 0.6 is 0 Å². The van der Waals surface area contributed by atoms with Gasteiger partial charge in [-0.2, -0.15) is 0 Å². The monoisotopic (exact) mass is 209 g/mol. The van der Waals surface area contributed by atoms with E-state index in [0.29, 0.717) is 18.1 Å². The van der Waals surface area contributed by atoms with Crippen LogP contribution in [0.25, 0.3) is 0 Å². The average molecular weight is 209 g/mol. The maximum atomic E-state index is 11.0. The van der Waals surface area contributed by atoms with E-state index in [1.54, 1.807) is 19.1 Å². The van der Waals surface area contributed by atoms with E-state index in [1.807, 2.05) is 6.92 Å². The molecule has 1 aromatic rings. The summed E-state index contributed by atoms with van der Waals surface area (Å²) in [5.74, 6) is 0.323. The summed E-state index contributed by atoms with van der Waals surface area (Å²) < 4.78 is 4.76. The molecule has 0 spiro atoms. The molecule has 1 aromatic heterocycles. The van der Waals surface area contributed by atoms with Crippen molar-refractivity contribution in [2.75, 3.05) is 24.2 Å². The van der Waals surface area contributed by atoms with Crippen LogP contribution in [0.3, 0.4) is 0 Å². The molecule has 1 heterocycles. The van der Waals surface area contributed by atoms with Gasteiger partial charge in [0.15, 0.2) is 0 Å². The van der Waals surface area contributed by atoms with Crippen molar-refractivity contribution >= 4 is 17.5 Å². The number of carbonyl (C=O) groups excluding carboxylic acids is 1. The van der Waals surface area contributed by atoms with Crippen molar-refractivity contribution in [1.29, 1.82) is 0 Å². The third-order valence-electron chi connectivity index (χ3n) is 1.85. The van der Waals surface area contributed by atoms with E-state index in [9.17, 15) is 4.79 Å². The van der Waals surface area contributed by atoms with Crippen molar-refractivity contribution < 1.29 is 9.53 Å². The number of hydrogen-bond acceptors (Lipinski definition) is 5. The van der Waals surface area contributed by atoms with E-state index < -0.39 is 0 Å². The second-order valence-electron chi connectivity index (χ2n) is 3.03. The third-order valence-corrected chi connectivity index (χ3v) is 1.85. The van der Waals surface area contributed by atoms with E-state index in [0.717, 1.165) is 5.69 Å². The van der Waals surface area contributed by atoms with Crippen molar-refractivity contribution in [3.63, 3.8) is 0 Å². The summed E-state index contributed by atoms with van der Waals surface area (Å²) in [6, 6.07) is 3.47. The summed E-state index contributed by atoms with van der Waals surface area (Å²) >= 11 is 0. The van der Waals surface area contributed by atoms with E-state index in [-0.39, 0.29) is 12.5 Å². The van der Waals surface area contributed by atoms with Crippen molar-refractivity contribution in [1.82, 2.24) is 4.98 Å². The van der Waals surface area contributed by atoms with Gasteiger partial charge in [0, 0.05) is 0 Å². The lowest BCUT2D eigenvalue weighted by Gasteiger charge is -2.06. The number of esters is 1. The van der Waals surface area contributed by atoms with E-state index in [1.165, 1.54) is 0 Å². The predicted octanol–water partition coefficient (Wildman–Crippen LogP) is 0.947. The smallest absolute Gasteiger partial charge is 0.325 e. The van der Waals surface area contributed by atoms with Gasteiger partial charge >= 0.3 is 5.97 Å². The summed E-state index contributed by atoms with van der Waals surface area (Å²) in [5, 5.41) is 2.86. The topological polar surface area (TPSA) is 77.2 Å². The number of nitrogens with two attached hydrogens (primary N) is 1. The zero-order chi connectivity index (χ0) is 11.3. The molecular weight excluding hydrogens is 194 g/mol. The standard InChI is InChI=1S/C10H15N3O2/c1-3-15-10(14)6-12-9-5-4-8(11)7(2)13-9/h4-5H,3,6,11H2,1-2H3,(H,12,13). The Labute approximate surface area is 88.6 Å². The van der Waals surface area contributed by atoms with Crippen LogP contribution in [0.4, 0.5) is 11.5 Å². The Morgan fingerprint density at radius 3 is 2.93 bits per heavy atom. The van der Waals surface area contributed by atoms with Gasteiger partial charge in [0.1, 0.15) is 12.4 Å². The number of aromatic nitrogens is 1. The molecule has 1 rings (SSSR count). The molecule has 0 bridgehead atoms. The molecule has 0 fully saturated rings. The predicted molar refractivity (Wildman–Crippen MR) is 58.5 cm³/mol. The normalized spacial score (nSPS) is 9.73. The van der Waals surface area contributed by atoms with Crippen LogP contribution in [0.1, 0.15) is 12.6 Å². The maximum absolute atomic E-state index is 11.0. The van der Waals surface area contributed by atoms with Crippen molar-refractivity contribution in [3.8, 4) is 0 Å². The second-order valence-corrected chi connectivity index (χ2v) is 3.03. The van der Waals surface area contributed by atoms with Crippen LogP contribution in [-0.4, -0.2) is 24.1 Å². The first-order valence-corrected chi connectivity index (χ1v) is 4.76. The molecule has 0 saturated carbocycles. The van der Waals surface area contributed by atoms with Crippen LogP contribution in [-0.2, 0) is 9.53 Å².